The lowest BCUT2D eigenvalue weighted by Gasteiger charge is -2.26. The SMILES string of the molecule is CC(C)(C)Nc1nc(N)c(C(=O)N2CCNCC2)s1. The maximum atomic E-state index is 12.4. The van der Waals surface area contributed by atoms with Crippen LogP contribution in [0.3, 0.4) is 0 Å². The van der Waals surface area contributed by atoms with Gasteiger partial charge in [-0.1, -0.05) is 11.3 Å². The zero-order valence-corrected chi connectivity index (χ0v) is 12.4. The molecule has 4 N–H and O–H groups in total. The Morgan fingerprint density at radius 2 is 2.05 bits per heavy atom. The van der Waals surface area contributed by atoms with Gasteiger partial charge >= 0.3 is 0 Å². The number of anilines is 2. The van der Waals surface area contributed by atoms with E-state index in [2.05, 4.69) is 15.6 Å². The number of carbonyl (C=O) groups is 1. The molecule has 0 aromatic carbocycles. The average molecular weight is 283 g/mol. The van der Waals surface area contributed by atoms with Crippen LogP contribution in [0.1, 0.15) is 30.4 Å². The molecule has 1 aliphatic rings. The van der Waals surface area contributed by atoms with E-state index in [4.69, 9.17) is 5.73 Å². The van der Waals surface area contributed by atoms with Crippen LogP contribution in [0.2, 0.25) is 0 Å². The number of thiazole rings is 1. The summed E-state index contributed by atoms with van der Waals surface area (Å²) in [6.07, 6.45) is 0. The summed E-state index contributed by atoms with van der Waals surface area (Å²) >= 11 is 1.33. The van der Waals surface area contributed by atoms with Crippen molar-refractivity contribution in [3.63, 3.8) is 0 Å². The fourth-order valence-electron chi connectivity index (χ4n) is 1.87. The summed E-state index contributed by atoms with van der Waals surface area (Å²) in [5.41, 5.74) is 5.77. The van der Waals surface area contributed by atoms with Crippen molar-refractivity contribution in [3.8, 4) is 0 Å². The minimum absolute atomic E-state index is 0.0153. The van der Waals surface area contributed by atoms with E-state index in [1.54, 1.807) is 0 Å². The summed E-state index contributed by atoms with van der Waals surface area (Å²) in [5, 5.41) is 7.16. The Morgan fingerprint density at radius 1 is 1.42 bits per heavy atom. The number of hydrogen-bond donors (Lipinski definition) is 3. The van der Waals surface area contributed by atoms with Crippen molar-refractivity contribution in [2.45, 2.75) is 26.3 Å². The fourth-order valence-corrected chi connectivity index (χ4v) is 2.93. The number of nitrogens with zero attached hydrogens (tertiary/aromatic N) is 2. The van der Waals surface area contributed by atoms with Crippen molar-refractivity contribution in [1.82, 2.24) is 15.2 Å². The van der Waals surface area contributed by atoms with Crippen molar-refractivity contribution in [2.75, 3.05) is 37.2 Å². The van der Waals surface area contributed by atoms with E-state index in [0.717, 1.165) is 26.2 Å². The maximum absolute atomic E-state index is 12.4. The Labute approximate surface area is 117 Å². The second kappa shape index (κ2) is 5.34. The molecule has 0 atom stereocenters. The zero-order valence-electron chi connectivity index (χ0n) is 11.6. The number of nitrogens with one attached hydrogen (secondary N) is 2. The van der Waals surface area contributed by atoms with Crippen molar-refractivity contribution >= 4 is 28.2 Å². The second-order valence-electron chi connectivity index (χ2n) is 5.65. The smallest absolute Gasteiger partial charge is 0.267 e. The minimum atomic E-state index is -0.0976. The highest BCUT2D eigenvalue weighted by Gasteiger charge is 2.24. The lowest BCUT2D eigenvalue weighted by atomic mass is 10.1. The normalized spacial score (nSPS) is 16.5. The molecule has 0 saturated carbocycles. The standard InChI is InChI=1S/C12H21N5OS/c1-12(2,3)16-11-15-9(13)8(19-11)10(18)17-6-4-14-5-7-17/h14H,4-7,13H2,1-3H3,(H,15,16). The number of nitrogen functional groups attached to an aromatic ring is 1. The minimum Gasteiger partial charge on any atom is -0.382 e. The molecule has 0 bridgehead atoms. The Hall–Kier alpha value is -1.34. The van der Waals surface area contributed by atoms with Crippen LogP contribution in [0.5, 0.6) is 0 Å². The molecular weight excluding hydrogens is 262 g/mol. The Kier molecular flexibility index (Phi) is 3.96. The molecule has 0 radical (unpaired) electrons. The predicted molar refractivity (Wildman–Crippen MR) is 78.7 cm³/mol. The highest BCUT2D eigenvalue weighted by Crippen LogP contribution is 2.28. The summed E-state index contributed by atoms with van der Waals surface area (Å²) in [6.45, 7) is 9.23. The molecule has 1 saturated heterocycles. The van der Waals surface area contributed by atoms with Crippen LogP contribution < -0.4 is 16.4 Å². The van der Waals surface area contributed by atoms with E-state index < -0.39 is 0 Å². The molecule has 7 heteroatoms. The number of hydrogen-bond acceptors (Lipinski definition) is 6. The van der Waals surface area contributed by atoms with Gasteiger partial charge in [-0.2, -0.15) is 0 Å². The molecule has 1 fully saturated rings. The molecule has 0 aliphatic carbocycles. The molecule has 2 rings (SSSR count). The first kappa shape index (κ1) is 14.1. The molecule has 106 valence electrons. The van der Waals surface area contributed by atoms with Crippen molar-refractivity contribution in [3.05, 3.63) is 4.88 Å². The fraction of sp³-hybridized carbons (Fsp3) is 0.667. The van der Waals surface area contributed by atoms with Gasteiger partial charge in [0.15, 0.2) is 5.13 Å². The third-order valence-corrected chi connectivity index (χ3v) is 3.71. The first-order valence-corrected chi connectivity index (χ1v) is 7.23. The number of nitrogens with two attached hydrogens (primary N) is 1. The van der Waals surface area contributed by atoms with Gasteiger partial charge in [-0.05, 0) is 20.8 Å². The first-order chi connectivity index (χ1) is 8.87. The molecule has 1 amide bonds. The van der Waals surface area contributed by atoms with Crippen LogP contribution in [0.25, 0.3) is 0 Å². The third kappa shape index (κ3) is 3.57. The van der Waals surface area contributed by atoms with Gasteiger partial charge in [0.1, 0.15) is 10.7 Å². The van der Waals surface area contributed by atoms with Crippen LogP contribution in [-0.4, -0.2) is 47.5 Å². The summed E-state index contributed by atoms with van der Waals surface area (Å²) in [7, 11) is 0. The van der Waals surface area contributed by atoms with Crippen LogP contribution in [0.4, 0.5) is 10.9 Å². The molecule has 2 heterocycles. The van der Waals surface area contributed by atoms with Crippen molar-refractivity contribution < 1.29 is 4.79 Å². The van der Waals surface area contributed by atoms with Gasteiger partial charge in [-0.25, -0.2) is 4.98 Å². The van der Waals surface area contributed by atoms with E-state index in [9.17, 15) is 4.79 Å². The number of carbonyl (C=O) groups excluding carboxylic acids is 1. The van der Waals surface area contributed by atoms with Crippen LogP contribution >= 0.6 is 11.3 Å². The van der Waals surface area contributed by atoms with Gasteiger partial charge in [-0.15, -0.1) is 0 Å². The molecule has 6 nitrogen and oxygen atoms in total. The summed E-state index contributed by atoms with van der Waals surface area (Å²) in [4.78, 5) is 19.0. The van der Waals surface area contributed by atoms with Gasteiger partial charge in [-0.3, -0.25) is 4.79 Å². The highest BCUT2D eigenvalue weighted by molar-refractivity contribution is 7.18. The molecule has 1 aromatic rings. The Balaban J connectivity index is 2.13. The summed E-state index contributed by atoms with van der Waals surface area (Å²) in [6, 6.07) is 0. The van der Waals surface area contributed by atoms with Gasteiger partial charge in [0.2, 0.25) is 0 Å². The van der Waals surface area contributed by atoms with E-state index in [-0.39, 0.29) is 11.4 Å². The van der Waals surface area contributed by atoms with Crippen molar-refractivity contribution in [1.29, 1.82) is 0 Å². The molecule has 0 spiro atoms. The van der Waals surface area contributed by atoms with E-state index in [1.807, 2.05) is 25.7 Å². The predicted octanol–water partition coefficient (Wildman–Crippen LogP) is 0.981. The molecule has 0 unspecified atom stereocenters. The Morgan fingerprint density at radius 3 is 2.63 bits per heavy atom. The quantitative estimate of drug-likeness (QED) is 0.753. The lowest BCUT2D eigenvalue weighted by Crippen LogP contribution is -2.46. The van der Waals surface area contributed by atoms with E-state index in [1.165, 1.54) is 11.3 Å². The van der Waals surface area contributed by atoms with Crippen LogP contribution in [0, 0.1) is 0 Å². The maximum Gasteiger partial charge on any atom is 0.267 e. The first-order valence-electron chi connectivity index (χ1n) is 6.41. The van der Waals surface area contributed by atoms with Gasteiger partial charge in [0, 0.05) is 31.7 Å². The number of amides is 1. The third-order valence-electron chi connectivity index (χ3n) is 2.73. The number of aromatic nitrogens is 1. The molecule has 1 aliphatic heterocycles. The average Bonchev–Trinajstić information content (AvgIpc) is 2.68. The highest BCUT2D eigenvalue weighted by atomic mass is 32.1. The van der Waals surface area contributed by atoms with Crippen molar-refractivity contribution in [2.24, 2.45) is 0 Å². The molecular formula is C12H21N5OS. The topological polar surface area (TPSA) is 83.3 Å². The van der Waals surface area contributed by atoms with E-state index in [0.29, 0.717) is 15.8 Å². The number of piperazine rings is 1. The summed E-state index contributed by atoms with van der Waals surface area (Å²) in [5.74, 6) is 0.304. The molecule has 1 aromatic heterocycles. The van der Waals surface area contributed by atoms with Gasteiger partial charge in [0.25, 0.3) is 5.91 Å². The summed E-state index contributed by atoms with van der Waals surface area (Å²) < 4.78 is 0. The van der Waals surface area contributed by atoms with Gasteiger partial charge in [0.05, 0.1) is 0 Å². The van der Waals surface area contributed by atoms with Crippen LogP contribution in [0.15, 0.2) is 0 Å². The Bertz CT molecular complexity index is 459. The largest absolute Gasteiger partial charge is 0.382 e. The van der Waals surface area contributed by atoms with Crippen LogP contribution in [-0.2, 0) is 0 Å². The molecule has 19 heavy (non-hydrogen) atoms. The number of rotatable bonds is 2. The van der Waals surface area contributed by atoms with E-state index >= 15 is 0 Å². The second-order valence-corrected chi connectivity index (χ2v) is 6.65. The monoisotopic (exact) mass is 283 g/mol. The van der Waals surface area contributed by atoms with Gasteiger partial charge < -0.3 is 21.3 Å². The lowest BCUT2D eigenvalue weighted by molar-refractivity contribution is 0.0741. The zero-order chi connectivity index (χ0) is 14.0.